The van der Waals surface area contributed by atoms with E-state index in [9.17, 15) is 4.79 Å². The van der Waals surface area contributed by atoms with Crippen LogP contribution in [0.5, 0.6) is 11.5 Å². The van der Waals surface area contributed by atoms with Crippen LogP contribution in [0.1, 0.15) is 109 Å². The summed E-state index contributed by atoms with van der Waals surface area (Å²) in [6.45, 7) is 8.10. The largest absolute Gasteiger partial charge is 0.493 e. The summed E-state index contributed by atoms with van der Waals surface area (Å²) < 4.78 is 11.7. The van der Waals surface area contributed by atoms with Crippen LogP contribution in [0.25, 0.3) is 0 Å². The number of methoxy groups -OCH3 is 1. The van der Waals surface area contributed by atoms with Gasteiger partial charge in [0.2, 0.25) is 5.91 Å². The zero-order valence-corrected chi connectivity index (χ0v) is 28.9. The Hall–Kier alpha value is -2.12. The van der Waals surface area contributed by atoms with Crippen LogP contribution in [0.15, 0.2) is 53.6 Å². The summed E-state index contributed by atoms with van der Waals surface area (Å²) in [5.74, 6) is 2.49. The van der Waals surface area contributed by atoms with Crippen molar-refractivity contribution < 1.29 is 14.3 Å². The van der Waals surface area contributed by atoms with Gasteiger partial charge in [-0.2, -0.15) is 0 Å². The van der Waals surface area contributed by atoms with Crippen LogP contribution in [0.3, 0.4) is 0 Å². The lowest BCUT2D eigenvalue weighted by Gasteiger charge is -2.23. The minimum Gasteiger partial charge on any atom is -0.493 e. The minimum absolute atomic E-state index is 0. The predicted molar refractivity (Wildman–Crippen MR) is 185 cm³/mol. The Bertz CT molecular complexity index is 1080. The Kier molecular flexibility index (Phi) is 17.8. The van der Waals surface area contributed by atoms with Crippen molar-refractivity contribution in [3.8, 4) is 11.5 Å². The average Bonchev–Trinajstić information content (AvgIpc) is 3.39. The number of rotatable bonds is 20. The Morgan fingerprint density at radius 3 is 2.00 bits per heavy atom. The fourth-order valence-corrected chi connectivity index (χ4v) is 6.00. The molecule has 0 atom stereocenters. The third kappa shape index (κ3) is 13.0. The van der Waals surface area contributed by atoms with Gasteiger partial charge in [0.05, 0.1) is 26.1 Å². The number of benzene rings is 2. The van der Waals surface area contributed by atoms with Crippen LogP contribution in [0.2, 0.25) is 0 Å². The summed E-state index contributed by atoms with van der Waals surface area (Å²) >= 11 is 1.87. The standard InChI is InChI=1S/C35H52N2O3S.BrH/c1-5-6-7-8-9-10-11-12-13-14-15-16-23-40-34-22-19-32(24-35(34)39-4)27-37(30(3)38)33-20-17-31(18-21-33)26-36-25-29(2)41-28-36;/h17-22,24-25H,5-16,23,26-28H2,1-4H3;1H. The van der Waals surface area contributed by atoms with Crippen molar-refractivity contribution in [1.29, 1.82) is 0 Å². The highest BCUT2D eigenvalue weighted by molar-refractivity contribution is 8.93. The summed E-state index contributed by atoms with van der Waals surface area (Å²) in [6.07, 6.45) is 18.2. The number of carbonyl (C=O) groups is 1. The quantitative estimate of drug-likeness (QED) is 0.132. The van der Waals surface area contributed by atoms with E-state index in [2.05, 4.69) is 37.1 Å². The van der Waals surface area contributed by atoms with Gasteiger partial charge in [0.15, 0.2) is 11.5 Å². The number of ether oxygens (including phenoxy) is 2. The lowest BCUT2D eigenvalue weighted by molar-refractivity contribution is -0.116. The molecular weight excluding hydrogens is 608 g/mol. The highest BCUT2D eigenvalue weighted by atomic mass is 79.9. The highest BCUT2D eigenvalue weighted by Gasteiger charge is 2.15. The van der Waals surface area contributed by atoms with E-state index in [1.807, 2.05) is 42.1 Å². The molecule has 1 aliphatic rings. The second-order valence-corrected chi connectivity index (χ2v) is 12.4. The molecule has 7 heteroatoms. The number of hydrogen-bond donors (Lipinski definition) is 0. The van der Waals surface area contributed by atoms with E-state index in [4.69, 9.17) is 9.47 Å². The molecule has 1 aliphatic heterocycles. The Balaban J connectivity index is 0.00000616. The summed E-state index contributed by atoms with van der Waals surface area (Å²) in [7, 11) is 1.67. The monoisotopic (exact) mass is 660 g/mol. The molecule has 2 aromatic carbocycles. The molecule has 0 spiro atoms. The van der Waals surface area contributed by atoms with Crippen molar-refractivity contribution >= 4 is 40.3 Å². The molecule has 0 saturated heterocycles. The summed E-state index contributed by atoms with van der Waals surface area (Å²) in [5.41, 5.74) is 3.14. The van der Waals surface area contributed by atoms with Gasteiger partial charge >= 0.3 is 0 Å². The van der Waals surface area contributed by atoms with Gasteiger partial charge in [-0.25, -0.2) is 0 Å². The summed E-state index contributed by atoms with van der Waals surface area (Å²) in [6, 6.07) is 14.3. The van der Waals surface area contributed by atoms with E-state index in [1.54, 1.807) is 18.9 Å². The molecule has 0 unspecified atom stereocenters. The summed E-state index contributed by atoms with van der Waals surface area (Å²) in [5, 5.41) is 0. The maximum absolute atomic E-state index is 12.6. The van der Waals surface area contributed by atoms with Gasteiger partial charge in [-0.1, -0.05) is 95.8 Å². The van der Waals surface area contributed by atoms with Crippen LogP contribution in [0, 0.1) is 0 Å². The first-order chi connectivity index (χ1) is 20.0. The SMILES string of the molecule is Br.CCCCCCCCCCCCCCOc1ccc(CN(C(C)=O)c2ccc(CN3C=C(C)SC3)cc2)cc1OC. The van der Waals surface area contributed by atoms with Crippen LogP contribution in [0.4, 0.5) is 5.69 Å². The minimum atomic E-state index is 0. The second kappa shape index (κ2) is 20.7. The number of carbonyl (C=O) groups excluding carboxylic acids is 1. The first-order valence-corrected chi connectivity index (χ1v) is 16.7. The number of thioether (sulfide) groups is 1. The van der Waals surface area contributed by atoms with Gasteiger partial charge in [0.25, 0.3) is 0 Å². The van der Waals surface area contributed by atoms with Crippen molar-refractivity contribution in [3.05, 3.63) is 64.7 Å². The summed E-state index contributed by atoms with van der Waals surface area (Å²) in [4.78, 5) is 18.0. The molecule has 42 heavy (non-hydrogen) atoms. The first kappa shape index (κ1) is 36.1. The number of halogens is 1. The van der Waals surface area contributed by atoms with Gasteiger partial charge in [-0.3, -0.25) is 4.79 Å². The van der Waals surface area contributed by atoms with Crippen LogP contribution >= 0.6 is 28.7 Å². The zero-order chi connectivity index (χ0) is 29.3. The van der Waals surface area contributed by atoms with Crippen molar-refractivity contribution in [2.24, 2.45) is 0 Å². The van der Waals surface area contributed by atoms with Crippen molar-refractivity contribution in [3.63, 3.8) is 0 Å². The number of allylic oxidation sites excluding steroid dienone is 1. The Morgan fingerprint density at radius 1 is 0.857 bits per heavy atom. The molecule has 234 valence electrons. The third-order valence-corrected chi connectivity index (χ3v) is 8.68. The van der Waals surface area contributed by atoms with Gasteiger partial charge in [-0.05, 0) is 53.6 Å². The van der Waals surface area contributed by atoms with Crippen molar-refractivity contribution in [2.75, 3.05) is 24.5 Å². The van der Waals surface area contributed by atoms with E-state index in [-0.39, 0.29) is 22.9 Å². The normalized spacial score (nSPS) is 12.6. The predicted octanol–water partition coefficient (Wildman–Crippen LogP) is 10.3. The van der Waals surface area contributed by atoms with Crippen LogP contribution < -0.4 is 14.4 Å². The van der Waals surface area contributed by atoms with E-state index in [0.717, 1.165) is 35.8 Å². The van der Waals surface area contributed by atoms with E-state index in [0.29, 0.717) is 18.9 Å². The molecule has 3 rings (SSSR count). The van der Waals surface area contributed by atoms with E-state index < -0.39 is 0 Å². The topological polar surface area (TPSA) is 42.0 Å². The Morgan fingerprint density at radius 2 is 1.45 bits per heavy atom. The molecule has 0 N–H and O–H groups in total. The van der Waals surface area contributed by atoms with Crippen LogP contribution in [-0.2, 0) is 17.9 Å². The highest BCUT2D eigenvalue weighted by Crippen LogP contribution is 2.30. The molecule has 2 aromatic rings. The maximum atomic E-state index is 12.6. The maximum Gasteiger partial charge on any atom is 0.224 e. The molecule has 0 radical (unpaired) electrons. The molecule has 0 aromatic heterocycles. The third-order valence-electron chi connectivity index (χ3n) is 7.66. The fraction of sp³-hybridized carbons (Fsp3) is 0.571. The number of unbranched alkanes of at least 4 members (excludes halogenated alkanes) is 11. The molecule has 0 fully saturated rings. The van der Waals surface area contributed by atoms with Crippen molar-refractivity contribution in [2.45, 2.75) is 111 Å². The molecular formula is C35H53BrN2O3S. The molecule has 0 bridgehead atoms. The van der Waals surface area contributed by atoms with Gasteiger partial charge in [0.1, 0.15) is 0 Å². The average molecular weight is 662 g/mol. The molecule has 1 heterocycles. The van der Waals surface area contributed by atoms with Crippen LogP contribution in [-0.4, -0.2) is 30.4 Å². The molecule has 0 saturated carbocycles. The Labute approximate surface area is 270 Å². The number of amides is 1. The number of nitrogens with zero attached hydrogens (tertiary/aromatic N) is 2. The first-order valence-electron chi connectivity index (χ1n) is 15.7. The number of hydrogen-bond acceptors (Lipinski definition) is 5. The second-order valence-electron chi connectivity index (χ2n) is 11.3. The molecule has 5 nitrogen and oxygen atoms in total. The van der Waals surface area contributed by atoms with E-state index >= 15 is 0 Å². The van der Waals surface area contributed by atoms with Gasteiger partial charge in [0, 0.05) is 25.4 Å². The fourth-order valence-electron chi connectivity index (χ4n) is 5.25. The molecule has 0 aliphatic carbocycles. The smallest absolute Gasteiger partial charge is 0.224 e. The number of anilines is 1. The zero-order valence-electron chi connectivity index (χ0n) is 26.4. The van der Waals surface area contributed by atoms with Gasteiger partial charge < -0.3 is 19.3 Å². The van der Waals surface area contributed by atoms with Gasteiger partial charge in [-0.15, -0.1) is 28.7 Å². The van der Waals surface area contributed by atoms with E-state index in [1.165, 1.54) is 81.1 Å². The molecule has 1 amide bonds. The lowest BCUT2D eigenvalue weighted by atomic mass is 10.1. The van der Waals surface area contributed by atoms with Crippen molar-refractivity contribution in [1.82, 2.24) is 4.90 Å². The lowest BCUT2D eigenvalue weighted by Crippen LogP contribution is -2.27.